The van der Waals surface area contributed by atoms with E-state index in [2.05, 4.69) is 34.7 Å². The molecule has 164 valence electrons. The number of hydrogen-bond donors (Lipinski definition) is 2. The first-order valence-electron chi connectivity index (χ1n) is 9.00. The fourth-order valence-corrected chi connectivity index (χ4v) is 5.61. The SMILES string of the molecule is O=C(NCc1ccc(Cl)cc1Cl)c1ccc(Br)cc1NS(=O)(=O)c1cccc2nsnc12. The van der Waals surface area contributed by atoms with Gasteiger partial charge in [0.05, 0.1) is 23.0 Å². The number of nitrogens with one attached hydrogen (secondary N) is 2. The zero-order valence-corrected chi connectivity index (χ0v) is 20.7. The van der Waals surface area contributed by atoms with E-state index in [1.165, 1.54) is 18.2 Å². The predicted octanol–water partition coefficient (Wildman–Crippen LogP) is 5.49. The van der Waals surface area contributed by atoms with Gasteiger partial charge in [0.2, 0.25) is 0 Å². The monoisotopic (exact) mass is 570 g/mol. The highest BCUT2D eigenvalue weighted by Crippen LogP contribution is 2.28. The van der Waals surface area contributed by atoms with E-state index in [-0.39, 0.29) is 28.2 Å². The maximum Gasteiger partial charge on any atom is 0.264 e. The molecular formula is C20H13BrCl2N4O3S2. The van der Waals surface area contributed by atoms with Gasteiger partial charge in [-0.15, -0.1) is 0 Å². The number of fused-ring (bicyclic) bond motifs is 1. The first-order chi connectivity index (χ1) is 15.2. The van der Waals surface area contributed by atoms with Gasteiger partial charge in [-0.1, -0.05) is 51.3 Å². The highest BCUT2D eigenvalue weighted by atomic mass is 79.9. The molecule has 0 fully saturated rings. The lowest BCUT2D eigenvalue weighted by molar-refractivity contribution is 0.0952. The van der Waals surface area contributed by atoms with E-state index in [1.54, 1.807) is 36.4 Å². The maximum absolute atomic E-state index is 13.1. The molecule has 12 heteroatoms. The standard InChI is InChI=1S/C20H13BrCl2N4O3S2/c21-12-5-7-14(20(28)24-10-11-4-6-13(22)9-15(11)23)17(8-12)27-32(29,30)18-3-1-2-16-19(18)26-31-25-16/h1-9,27H,10H2,(H,24,28). The second kappa shape index (κ2) is 9.32. The summed E-state index contributed by atoms with van der Waals surface area (Å²) in [5.74, 6) is -0.477. The molecule has 7 nitrogen and oxygen atoms in total. The van der Waals surface area contributed by atoms with Crippen LogP contribution >= 0.6 is 50.9 Å². The molecule has 0 radical (unpaired) electrons. The summed E-state index contributed by atoms with van der Waals surface area (Å²) in [7, 11) is -4.04. The number of rotatable bonds is 6. The number of halogens is 3. The normalized spacial score (nSPS) is 11.5. The molecule has 0 aliphatic carbocycles. The van der Waals surface area contributed by atoms with E-state index in [9.17, 15) is 13.2 Å². The van der Waals surface area contributed by atoms with E-state index in [1.807, 2.05) is 0 Å². The lowest BCUT2D eigenvalue weighted by Crippen LogP contribution is -2.25. The molecule has 1 aromatic heterocycles. The second-order valence-corrected chi connectivity index (χ2v) is 10.5. The molecule has 0 aliphatic heterocycles. The number of sulfonamides is 1. The van der Waals surface area contributed by atoms with Crippen LogP contribution in [0.2, 0.25) is 10.0 Å². The summed E-state index contributed by atoms with van der Waals surface area (Å²) in [5, 5.41) is 3.65. The maximum atomic E-state index is 13.1. The van der Waals surface area contributed by atoms with Crippen LogP contribution in [-0.2, 0) is 16.6 Å². The van der Waals surface area contributed by atoms with Crippen molar-refractivity contribution in [3.63, 3.8) is 0 Å². The van der Waals surface area contributed by atoms with Crippen molar-refractivity contribution in [1.29, 1.82) is 0 Å². The van der Waals surface area contributed by atoms with Crippen molar-refractivity contribution in [2.75, 3.05) is 4.72 Å². The first-order valence-corrected chi connectivity index (χ1v) is 12.8. The van der Waals surface area contributed by atoms with Crippen LogP contribution in [0.15, 0.2) is 64.0 Å². The van der Waals surface area contributed by atoms with Gasteiger partial charge in [-0.05, 0) is 48.0 Å². The number of amides is 1. The number of aromatic nitrogens is 2. The van der Waals surface area contributed by atoms with Gasteiger partial charge in [0.1, 0.15) is 15.9 Å². The van der Waals surface area contributed by atoms with Gasteiger partial charge >= 0.3 is 0 Å². The quantitative estimate of drug-likeness (QED) is 0.318. The molecule has 0 bridgehead atoms. The fraction of sp³-hybridized carbons (Fsp3) is 0.0500. The van der Waals surface area contributed by atoms with E-state index in [0.717, 1.165) is 11.7 Å². The van der Waals surface area contributed by atoms with Crippen LogP contribution in [0.5, 0.6) is 0 Å². The van der Waals surface area contributed by atoms with Crippen molar-refractivity contribution in [2.45, 2.75) is 11.4 Å². The molecule has 0 aliphatic rings. The van der Waals surface area contributed by atoms with Gasteiger partial charge in [-0.2, -0.15) is 8.75 Å². The van der Waals surface area contributed by atoms with Crippen LogP contribution in [-0.4, -0.2) is 23.1 Å². The van der Waals surface area contributed by atoms with E-state index in [4.69, 9.17) is 23.2 Å². The molecule has 1 heterocycles. The Hall–Kier alpha value is -2.24. The zero-order valence-electron chi connectivity index (χ0n) is 16.0. The zero-order chi connectivity index (χ0) is 22.9. The molecule has 0 spiro atoms. The van der Waals surface area contributed by atoms with Crippen LogP contribution in [0.3, 0.4) is 0 Å². The Labute approximate surface area is 206 Å². The van der Waals surface area contributed by atoms with Crippen molar-refractivity contribution >= 4 is 83.5 Å². The molecule has 0 saturated heterocycles. The van der Waals surface area contributed by atoms with E-state index >= 15 is 0 Å². The Morgan fingerprint density at radius 2 is 1.88 bits per heavy atom. The minimum absolute atomic E-state index is 0.0250. The van der Waals surface area contributed by atoms with Crippen molar-refractivity contribution in [3.8, 4) is 0 Å². The highest BCUT2D eigenvalue weighted by molar-refractivity contribution is 9.10. The number of nitrogens with zero attached hydrogens (tertiary/aromatic N) is 2. The summed E-state index contributed by atoms with van der Waals surface area (Å²) >= 11 is 16.3. The van der Waals surface area contributed by atoms with Crippen molar-refractivity contribution in [2.24, 2.45) is 0 Å². The molecule has 4 rings (SSSR count). The highest BCUT2D eigenvalue weighted by Gasteiger charge is 2.22. The third kappa shape index (κ3) is 4.89. The van der Waals surface area contributed by atoms with Crippen LogP contribution < -0.4 is 10.0 Å². The fourth-order valence-electron chi connectivity index (χ4n) is 2.93. The van der Waals surface area contributed by atoms with Gasteiger partial charge in [0.15, 0.2) is 0 Å². The average molecular weight is 572 g/mol. The molecule has 0 atom stereocenters. The molecule has 0 unspecified atom stereocenters. The Bertz CT molecular complexity index is 1440. The van der Waals surface area contributed by atoms with Gasteiger partial charge in [0, 0.05) is 21.1 Å². The van der Waals surface area contributed by atoms with Crippen molar-refractivity contribution < 1.29 is 13.2 Å². The van der Waals surface area contributed by atoms with Crippen LogP contribution in [0.4, 0.5) is 5.69 Å². The minimum atomic E-state index is -4.04. The average Bonchev–Trinajstić information content (AvgIpc) is 3.21. The summed E-state index contributed by atoms with van der Waals surface area (Å²) in [6.07, 6.45) is 0. The third-order valence-corrected chi connectivity index (χ3v) is 7.48. The lowest BCUT2D eigenvalue weighted by atomic mass is 10.1. The van der Waals surface area contributed by atoms with Crippen LogP contribution in [0, 0.1) is 0 Å². The number of anilines is 1. The van der Waals surface area contributed by atoms with Gasteiger partial charge in [-0.25, -0.2) is 8.42 Å². The second-order valence-electron chi connectivity index (χ2n) is 6.60. The summed E-state index contributed by atoms with van der Waals surface area (Å²) in [6, 6.07) is 14.3. The smallest absolute Gasteiger partial charge is 0.264 e. The molecule has 0 saturated carbocycles. The third-order valence-electron chi connectivity index (χ3n) is 4.46. The summed E-state index contributed by atoms with van der Waals surface area (Å²) in [5.41, 5.74) is 1.67. The van der Waals surface area contributed by atoms with Crippen molar-refractivity contribution in [1.82, 2.24) is 14.1 Å². The summed E-state index contributed by atoms with van der Waals surface area (Å²) < 4.78 is 37.5. The molecule has 4 aromatic rings. The largest absolute Gasteiger partial charge is 0.348 e. The minimum Gasteiger partial charge on any atom is -0.348 e. The Morgan fingerprint density at radius 1 is 1.06 bits per heavy atom. The topological polar surface area (TPSA) is 101 Å². The van der Waals surface area contributed by atoms with Crippen LogP contribution in [0.25, 0.3) is 11.0 Å². The predicted molar refractivity (Wildman–Crippen MR) is 130 cm³/mol. The summed E-state index contributed by atoms with van der Waals surface area (Å²) in [6.45, 7) is 0.140. The number of carbonyl (C=O) groups excluding carboxylic acids is 1. The van der Waals surface area contributed by atoms with E-state index in [0.29, 0.717) is 25.6 Å². The Kier molecular flexibility index (Phi) is 6.68. The molecule has 3 aromatic carbocycles. The summed E-state index contributed by atoms with van der Waals surface area (Å²) in [4.78, 5) is 12.8. The molecular weight excluding hydrogens is 559 g/mol. The van der Waals surface area contributed by atoms with Gasteiger partial charge in [-0.3, -0.25) is 9.52 Å². The van der Waals surface area contributed by atoms with Crippen LogP contribution in [0.1, 0.15) is 15.9 Å². The lowest BCUT2D eigenvalue weighted by Gasteiger charge is -2.14. The van der Waals surface area contributed by atoms with Gasteiger partial charge in [0.25, 0.3) is 15.9 Å². The Morgan fingerprint density at radius 3 is 2.66 bits per heavy atom. The van der Waals surface area contributed by atoms with Crippen molar-refractivity contribution in [3.05, 3.63) is 80.2 Å². The molecule has 32 heavy (non-hydrogen) atoms. The number of benzene rings is 3. The Balaban J connectivity index is 1.62. The number of hydrogen-bond acceptors (Lipinski definition) is 6. The van der Waals surface area contributed by atoms with E-state index < -0.39 is 15.9 Å². The first kappa shape index (κ1) is 22.9. The molecule has 1 amide bonds. The number of carbonyl (C=O) groups is 1. The van der Waals surface area contributed by atoms with Gasteiger partial charge < -0.3 is 5.32 Å². The molecule has 2 N–H and O–H groups in total.